The summed E-state index contributed by atoms with van der Waals surface area (Å²) >= 11 is 0. The fraction of sp³-hybridized carbons (Fsp3) is 0.538. The molecule has 0 fully saturated rings. The molecule has 2 rings (SSSR count). The Hall–Kier alpha value is -1.02. The Morgan fingerprint density at radius 1 is 1.33 bits per heavy atom. The largest absolute Gasteiger partial charge is 0.507 e. The number of benzene rings is 1. The van der Waals surface area contributed by atoms with Crippen molar-refractivity contribution >= 4 is 0 Å². The van der Waals surface area contributed by atoms with Gasteiger partial charge in [0.1, 0.15) is 5.75 Å². The van der Waals surface area contributed by atoms with Gasteiger partial charge in [0, 0.05) is 0 Å². The summed E-state index contributed by atoms with van der Waals surface area (Å²) in [6, 6.07) is 4.20. The molecule has 0 amide bonds. The first-order chi connectivity index (χ1) is 7.24. The molecular weight excluding hydrogens is 186 g/mol. The van der Waals surface area contributed by atoms with Crippen LogP contribution in [-0.4, -0.2) is 11.7 Å². The van der Waals surface area contributed by atoms with Crippen molar-refractivity contribution in [3.05, 3.63) is 28.8 Å². The summed E-state index contributed by atoms with van der Waals surface area (Å²) in [6.07, 6.45) is 4.58. The predicted molar refractivity (Wildman–Crippen MR) is 62.2 cm³/mol. The molecule has 82 valence electrons. The lowest BCUT2D eigenvalue weighted by Gasteiger charge is -2.21. The maximum atomic E-state index is 10.2. The summed E-state index contributed by atoms with van der Waals surface area (Å²) in [5, 5.41) is 10.2. The van der Waals surface area contributed by atoms with Gasteiger partial charge in [0.15, 0.2) is 0 Å². The second-order valence-electron chi connectivity index (χ2n) is 4.48. The lowest BCUT2D eigenvalue weighted by Crippen LogP contribution is -2.11. The molecule has 3 N–H and O–H groups in total. The van der Waals surface area contributed by atoms with E-state index in [2.05, 4.69) is 13.0 Å². The first kappa shape index (κ1) is 10.5. The summed E-state index contributed by atoms with van der Waals surface area (Å²) in [6.45, 7) is 2.65. The summed E-state index contributed by atoms with van der Waals surface area (Å²) in [5.41, 5.74) is 9.14. The average Bonchev–Trinajstić information content (AvgIpc) is 2.29. The molecule has 0 aliphatic heterocycles. The number of phenolic OH excluding ortho intramolecular Hbond substituents is 1. The third kappa shape index (κ3) is 1.86. The molecule has 0 spiro atoms. The van der Waals surface area contributed by atoms with Crippen LogP contribution in [0, 0.1) is 0 Å². The van der Waals surface area contributed by atoms with Crippen molar-refractivity contribution in [1.29, 1.82) is 0 Å². The molecule has 15 heavy (non-hydrogen) atoms. The topological polar surface area (TPSA) is 46.2 Å². The smallest absolute Gasteiger partial charge is 0.122 e. The Morgan fingerprint density at radius 3 is 2.80 bits per heavy atom. The predicted octanol–water partition coefficient (Wildman–Crippen LogP) is 2.33. The van der Waals surface area contributed by atoms with Crippen LogP contribution < -0.4 is 5.73 Å². The Bertz CT molecular complexity index is 360. The standard InChI is InChI=1S/C13H19NO/c1-9(8-14)11-7-6-10-4-2-3-5-12(10)13(11)15/h6-7,9,15H,2-5,8,14H2,1H3. The molecule has 1 aliphatic rings. The van der Waals surface area contributed by atoms with Crippen LogP contribution in [0.5, 0.6) is 5.75 Å². The average molecular weight is 205 g/mol. The Labute approximate surface area is 91.1 Å². The second-order valence-corrected chi connectivity index (χ2v) is 4.48. The molecule has 1 atom stereocenters. The van der Waals surface area contributed by atoms with Crippen LogP contribution in [0.25, 0.3) is 0 Å². The van der Waals surface area contributed by atoms with Gasteiger partial charge in [0.05, 0.1) is 0 Å². The Morgan fingerprint density at radius 2 is 2.07 bits per heavy atom. The zero-order valence-electron chi connectivity index (χ0n) is 9.29. The molecule has 0 aromatic heterocycles. The summed E-state index contributed by atoms with van der Waals surface area (Å²) in [5.74, 6) is 0.752. The first-order valence-corrected chi connectivity index (χ1v) is 5.77. The van der Waals surface area contributed by atoms with Crippen molar-refractivity contribution in [3.8, 4) is 5.75 Å². The highest BCUT2D eigenvalue weighted by molar-refractivity contribution is 5.48. The van der Waals surface area contributed by atoms with Gasteiger partial charge in [0.2, 0.25) is 0 Å². The molecule has 1 aromatic rings. The van der Waals surface area contributed by atoms with Crippen LogP contribution in [0.4, 0.5) is 0 Å². The van der Waals surface area contributed by atoms with Crippen molar-refractivity contribution in [2.24, 2.45) is 5.73 Å². The molecule has 0 saturated carbocycles. The minimum absolute atomic E-state index is 0.247. The van der Waals surface area contributed by atoms with Crippen molar-refractivity contribution in [1.82, 2.24) is 0 Å². The quantitative estimate of drug-likeness (QED) is 0.778. The van der Waals surface area contributed by atoms with Crippen molar-refractivity contribution in [2.45, 2.75) is 38.5 Å². The van der Waals surface area contributed by atoms with Gasteiger partial charge in [-0.25, -0.2) is 0 Å². The van der Waals surface area contributed by atoms with E-state index in [4.69, 9.17) is 5.73 Å². The van der Waals surface area contributed by atoms with Gasteiger partial charge < -0.3 is 10.8 Å². The van der Waals surface area contributed by atoms with E-state index in [1.165, 1.54) is 24.0 Å². The fourth-order valence-corrected chi connectivity index (χ4v) is 2.35. The van der Waals surface area contributed by atoms with Crippen LogP contribution in [0.1, 0.15) is 42.4 Å². The molecule has 1 unspecified atom stereocenters. The van der Waals surface area contributed by atoms with Gasteiger partial charge in [-0.2, -0.15) is 0 Å². The van der Waals surface area contributed by atoms with Crippen LogP contribution in [0.15, 0.2) is 12.1 Å². The van der Waals surface area contributed by atoms with Crippen molar-refractivity contribution < 1.29 is 5.11 Å². The summed E-state index contributed by atoms with van der Waals surface area (Å²) in [7, 11) is 0. The van der Waals surface area contributed by atoms with E-state index in [0.717, 1.165) is 18.4 Å². The van der Waals surface area contributed by atoms with Gasteiger partial charge in [0.25, 0.3) is 0 Å². The fourth-order valence-electron chi connectivity index (χ4n) is 2.35. The third-order valence-corrected chi connectivity index (χ3v) is 3.42. The normalized spacial score (nSPS) is 17.2. The number of fused-ring (bicyclic) bond motifs is 1. The molecule has 1 aromatic carbocycles. The van der Waals surface area contributed by atoms with E-state index in [-0.39, 0.29) is 5.92 Å². The molecular formula is C13H19NO. The molecule has 0 heterocycles. The van der Waals surface area contributed by atoms with Crippen molar-refractivity contribution in [3.63, 3.8) is 0 Å². The van der Waals surface area contributed by atoms with Crippen LogP contribution in [0.2, 0.25) is 0 Å². The van der Waals surface area contributed by atoms with Gasteiger partial charge in [-0.3, -0.25) is 0 Å². The number of hydrogen-bond donors (Lipinski definition) is 2. The number of rotatable bonds is 2. The van der Waals surface area contributed by atoms with E-state index in [1.807, 2.05) is 6.07 Å². The van der Waals surface area contributed by atoms with E-state index < -0.39 is 0 Å². The lowest BCUT2D eigenvalue weighted by atomic mass is 9.87. The van der Waals surface area contributed by atoms with Crippen LogP contribution in [-0.2, 0) is 12.8 Å². The van der Waals surface area contributed by atoms with Gasteiger partial charge in [-0.05, 0) is 54.8 Å². The minimum Gasteiger partial charge on any atom is -0.507 e. The highest BCUT2D eigenvalue weighted by Gasteiger charge is 2.18. The van der Waals surface area contributed by atoms with Crippen LogP contribution >= 0.6 is 0 Å². The first-order valence-electron chi connectivity index (χ1n) is 5.77. The highest BCUT2D eigenvalue weighted by Crippen LogP contribution is 2.35. The van der Waals surface area contributed by atoms with Gasteiger partial charge >= 0.3 is 0 Å². The third-order valence-electron chi connectivity index (χ3n) is 3.42. The molecule has 0 radical (unpaired) electrons. The van der Waals surface area contributed by atoms with Crippen LogP contribution in [0.3, 0.4) is 0 Å². The zero-order valence-corrected chi connectivity index (χ0v) is 9.29. The molecule has 2 nitrogen and oxygen atoms in total. The van der Waals surface area contributed by atoms with Gasteiger partial charge in [-0.1, -0.05) is 19.1 Å². The van der Waals surface area contributed by atoms with Gasteiger partial charge in [-0.15, -0.1) is 0 Å². The molecule has 1 aliphatic carbocycles. The molecule has 2 heteroatoms. The lowest BCUT2D eigenvalue weighted by molar-refractivity contribution is 0.450. The summed E-state index contributed by atoms with van der Waals surface area (Å²) < 4.78 is 0. The Balaban J connectivity index is 2.43. The van der Waals surface area contributed by atoms with E-state index >= 15 is 0 Å². The summed E-state index contributed by atoms with van der Waals surface area (Å²) in [4.78, 5) is 0. The maximum Gasteiger partial charge on any atom is 0.122 e. The van der Waals surface area contributed by atoms with E-state index in [0.29, 0.717) is 12.3 Å². The number of nitrogens with two attached hydrogens (primary N) is 1. The SMILES string of the molecule is CC(CN)c1ccc2c(c1O)CCCC2. The van der Waals surface area contributed by atoms with E-state index in [1.54, 1.807) is 0 Å². The molecule has 0 bridgehead atoms. The molecule has 0 saturated heterocycles. The van der Waals surface area contributed by atoms with E-state index in [9.17, 15) is 5.11 Å². The minimum atomic E-state index is 0.247. The number of aromatic hydroxyl groups is 1. The highest BCUT2D eigenvalue weighted by atomic mass is 16.3. The maximum absolute atomic E-state index is 10.2. The number of aryl methyl sites for hydroxylation is 1. The van der Waals surface area contributed by atoms with Crippen molar-refractivity contribution in [2.75, 3.05) is 6.54 Å². The Kier molecular flexibility index (Phi) is 2.96. The zero-order chi connectivity index (χ0) is 10.8. The second kappa shape index (κ2) is 4.23. The number of phenols is 1. The number of hydrogen-bond acceptors (Lipinski definition) is 2. The monoisotopic (exact) mass is 205 g/mol.